The maximum Gasteiger partial charge on any atom is 0.253 e. The fraction of sp³-hybridized carbons (Fsp3) is 0.357. The van der Waals surface area contributed by atoms with Gasteiger partial charge in [-0.2, -0.15) is 0 Å². The number of carbonyl (C=O) groups is 1. The van der Waals surface area contributed by atoms with Gasteiger partial charge in [-0.1, -0.05) is 11.6 Å². The van der Waals surface area contributed by atoms with E-state index < -0.39 is 6.10 Å². The minimum Gasteiger partial charge on any atom is -0.488 e. The van der Waals surface area contributed by atoms with Gasteiger partial charge < -0.3 is 14.7 Å². The molecule has 1 aliphatic heterocycles. The molecule has 1 atom stereocenters. The van der Waals surface area contributed by atoms with Crippen molar-refractivity contribution in [3.63, 3.8) is 0 Å². The molecule has 0 bridgehead atoms. The number of nitrogens with zero attached hydrogens (tertiary/aromatic N) is 1. The molecular formula is C14H16ClNO3. The lowest BCUT2D eigenvalue weighted by atomic mass is 10.1. The number of aliphatic hydroxyl groups is 1. The normalized spacial score (nSPS) is 15.1. The second-order valence-electron chi connectivity index (χ2n) is 4.68. The molecule has 1 aromatic rings. The van der Waals surface area contributed by atoms with Crippen molar-refractivity contribution in [2.75, 3.05) is 20.2 Å². The summed E-state index contributed by atoms with van der Waals surface area (Å²) in [4.78, 5) is 13.6. The average Bonchev–Trinajstić information content (AvgIpc) is 2.36. The maximum atomic E-state index is 12.2. The van der Waals surface area contributed by atoms with E-state index in [-0.39, 0.29) is 12.5 Å². The molecule has 5 heteroatoms. The van der Waals surface area contributed by atoms with Crippen molar-refractivity contribution in [3.05, 3.63) is 34.4 Å². The smallest absolute Gasteiger partial charge is 0.253 e. The number of halogens is 1. The highest BCUT2D eigenvalue weighted by Gasteiger charge is 2.21. The van der Waals surface area contributed by atoms with Crippen LogP contribution in [-0.4, -0.2) is 42.2 Å². The Hall–Kier alpha value is -1.52. The number of benzene rings is 1. The molecule has 1 amide bonds. The van der Waals surface area contributed by atoms with E-state index in [0.717, 1.165) is 11.3 Å². The molecule has 2 rings (SSSR count). The van der Waals surface area contributed by atoms with Gasteiger partial charge in [0.1, 0.15) is 12.4 Å². The second-order valence-corrected chi connectivity index (χ2v) is 5.11. The van der Waals surface area contributed by atoms with Crippen molar-refractivity contribution in [1.29, 1.82) is 0 Å². The van der Waals surface area contributed by atoms with Crippen molar-refractivity contribution in [1.82, 2.24) is 4.90 Å². The van der Waals surface area contributed by atoms with Crippen molar-refractivity contribution in [2.24, 2.45) is 0 Å². The van der Waals surface area contributed by atoms with E-state index in [9.17, 15) is 9.90 Å². The number of amides is 1. The Bertz CT molecular complexity index is 525. The van der Waals surface area contributed by atoms with E-state index in [1.54, 1.807) is 38.2 Å². The highest BCUT2D eigenvalue weighted by molar-refractivity contribution is 6.30. The Balaban J connectivity index is 2.20. The van der Waals surface area contributed by atoms with Crippen molar-refractivity contribution in [2.45, 2.75) is 13.0 Å². The summed E-state index contributed by atoms with van der Waals surface area (Å²) in [6, 6.07) is 5.30. The fourth-order valence-electron chi connectivity index (χ4n) is 2.00. The van der Waals surface area contributed by atoms with Crippen LogP contribution >= 0.6 is 11.6 Å². The summed E-state index contributed by atoms with van der Waals surface area (Å²) in [6.45, 7) is 2.17. The van der Waals surface area contributed by atoms with E-state index in [2.05, 4.69) is 0 Å². The molecule has 1 aromatic carbocycles. The molecule has 0 fully saturated rings. The van der Waals surface area contributed by atoms with Gasteiger partial charge in [-0.3, -0.25) is 4.79 Å². The molecule has 102 valence electrons. The van der Waals surface area contributed by atoms with E-state index in [4.69, 9.17) is 16.3 Å². The predicted octanol–water partition coefficient (Wildman–Crippen LogP) is 1.96. The molecule has 1 N–H and O–H groups in total. The third kappa shape index (κ3) is 3.28. The zero-order chi connectivity index (χ0) is 14.0. The van der Waals surface area contributed by atoms with Crippen molar-refractivity contribution in [3.8, 4) is 5.75 Å². The van der Waals surface area contributed by atoms with Crippen LogP contribution in [0.15, 0.2) is 23.8 Å². The molecule has 4 nitrogen and oxygen atoms in total. The molecule has 0 aliphatic carbocycles. The molecule has 1 aliphatic rings. The average molecular weight is 282 g/mol. The Labute approximate surface area is 117 Å². The van der Waals surface area contributed by atoms with Crippen LogP contribution in [0.4, 0.5) is 0 Å². The van der Waals surface area contributed by atoms with Crippen LogP contribution in [0.1, 0.15) is 12.5 Å². The van der Waals surface area contributed by atoms with Gasteiger partial charge in [0.05, 0.1) is 11.7 Å². The molecule has 0 saturated heterocycles. The van der Waals surface area contributed by atoms with Crippen LogP contribution in [-0.2, 0) is 4.79 Å². The highest BCUT2D eigenvalue weighted by Crippen LogP contribution is 2.29. The standard InChI is InChI=1S/C14H16ClNO3/c1-9(17)7-16(2)14(18)11-5-10-6-12(15)3-4-13(10)19-8-11/h3-6,9,17H,7-8H2,1-2H3. The maximum absolute atomic E-state index is 12.2. The van der Waals surface area contributed by atoms with Gasteiger partial charge in [0.15, 0.2) is 0 Å². The Morgan fingerprint density at radius 1 is 1.58 bits per heavy atom. The number of fused-ring (bicyclic) bond motifs is 1. The first kappa shape index (κ1) is 13.9. The first-order valence-electron chi connectivity index (χ1n) is 6.04. The number of rotatable bonds is 3. The van der Waals surface area contributed by atoms with Gasteiger partial charge >= 0.3 is 0 Å². The topological polar surface area (TPSA) is 49.8 Å². The largest absolute Gasteiger partial charge is 0.488 e. The molecule has 0 aromatic heterocycles. The number of hydrogen-bond donors (Lipinski definition) is 1. The lowest BCUT2D eigenvalue weighted by molar-refractivity contribution is -0.127. The number of carbonyl (C=O) groups excluding carboxylic acids is 1. The van der Waals surface area contributed by atoms with E-state index in [0.29, 0.717) is 17.1 Å². The van der Waals surface area contributed by atoms with E-state index >= 15 is 0 Å². The van der Waals surface area contributed by atoms with Gasteiger partial charge in [-0.05, 0) is 31.2 Å². The number of hydrogen-bond acceptors (Lipinski definition) is 3. The van der Waals surface area contributed by atoms with Crippen LogP contribution in [0, 0.1) is 0 Å². The monoisotopic (exact) mass is 281 g/mol. The van der Waals surface area contributed by atoms with Crippen LogP contribution in [0.25, 0.3) is 6.08 Å². The molecule has 0 saturated carbocycles. The van der Waals surface area contributed by atoms with Crippen LogP contribution in [0.2, 0.25) is 5.02 Å². The summed E-state index contributed by atoms with van der Waals surface area (Å²) >= 11 is 5.92. The van der Waals surface area contributed by atoms with Crippen LogP contribution in [0.3, 0.4) is 0 Å². The molecule has 0 spiro atoms. The van der Waals surface area contributed by atoms with Crippen LogP contribution in [0.5, 0.6) is 5.75 Å². The quantitative estimate of drug-likeness (QED) is 0.921. The highest BCUT2D eigenvalue weighted by atomic mass is 35.5. The molecule has 19 heavy (non-hydrogen) atoms. The summed E-state index contributed by atoms with van der Waals surface area (Å²) in [5.41, 5.74) is 1.35. The predicted molar refractivity (Wildman–Crippen MR) is 74.2 cm³/mol. The molecule has 1 unspecified atom stereocenters. The van der Waals surface area contributed by atoms with Crippen molar-refractivity contribution < 1.29 is 14.6 Å². The first-order chi connectivity index (χ1) is 8.97. The van der Waals surface area contributed by atoms with Gasteiger partial charge in [-0.15, -0.1) is 0 Å². The Morgan fingerprint density at radius 3 is 3.00 bits per heavy atom. The number of ether oxygens (including phenoxy) is 1. The number of likely N-dealkylation sites (N-methyl/N-ethyl adjacent to an activating group) is 1. The lowest BCUT2D eigenvalue weighted by Crippen LogP contribution is -2.35. The summed E-state index contributed by atoms with van der Waals surface area (Å²) < 4.78 is 5.53. The minimum absolute atomic E-state index is 0.147. The van der Waals surface area contributed by atoms with E-state index in [1.165, 1.54) is 4.90 Å². The summed E-state index contributed by atoms with van der Waals surface area (Å²) in [7, 11) is 1.66. The Morgan fingerprint density at radius 2 is 2.32 bits per heavy atom. The zero-order valence-electron chi connectivity index (χ0n) is 10.9. The molecule has 1 heterocycles. The minimum atomic E-state index is -0.555. The van der Waals surface area contributed by atoms with E-state index in [1.807, 2.05) is 0 Å². The second kappa shape index (κ2) is 5.63. The van der Waals surface area contributed by atoms with Gasteiger partial charge in [0.25, 0.3) is 5.91 Å². The molecule has 0 radical (unpaired) electrons. The molecular weight excluding hydrogens is 266 g/mol. The summed E-state index contributed by atoms with van der Waals surface area (Å²) in [6.07, 6.45) is 1.23. The Kier molecular flexibility index (Phi) is 4.12. The third-order valence-electron chi connectivity index (χ3n) is 2.84. The lowest BCUT2D eigenvalue weighted by Gasteiger charge is -2.23. The summed E-state index contributed by atoms with van der Waals surface area (Å²) in [5, 5.41) is 9.90. The first-order valence-corrected chi connectivity index (χ1v) is 6.41. The number of aliphatic hydroxyl groups excluding tert-OH is 1. The zero-order valence-corrected chi connectivity index (χ0v) is 11.6. The SMILES string of the molecule is CC(O)CN(C)C(=O)C1=Cc2cc(Cl)ccc2OC1. The van der Waals surface area contributed by atoms with Crippen molar-refractivity contribution >= 4 is 23.6 Å². The van der Waals surface area contributed by atoms with Gasteiger partial charge in [-0.25, -0.2) is 0 Å². The summed E-state index contributed by atoms with van der Waals surface area (Å²) in [5.74, 6) is 0.575. The third-order valence-corrected chi connectivity index (χ3v) is 3.08. The van der Waals surface area contributed by atoms with Gasteiger partial charge in [0, 0.05) is 24.2 Å². The van der Waals surface area contributed by atoms with Crippen LogP contribution < -0.4 is 4.74 Å². The fourth-order valence-corrected chi connectivity index (χ4v) is 2.18. The van der Waals surface area contributed by atoms with Gasteiger partial charge in [0.2, 0.25) is 0 Å².